The molecule has 18 heavy (non-hydrogen) atoms. The fourth-order valence-electron chi connectivity index (χ4n) is 1.34. The summed E-state index contributed by atoms with van der Waals surface area (Å²) in [4.78, 5) is 18.3. The fourth-order valence-corrected chi connectivity index (χ4v) is 1.54. The van der Waals surface area contributed by atoms with Gasteiger partial charge in [0.05, 0.1) is 5.02 Å². The first kappa shape index (κ1) is 12.3. The lowest BCUT2D eigenvalue weighted by molar-refractivity contribution is -0.139. The molecule has 1 N–H and O–H groups in total. The number of carboxylic acids is 1. The van der Waals surface area contributed by atoms with E-state index in [9.17, 15) is 4.79 Å². The quantitative estimate of drug-likeness (QED) is 0.889. The van der Waals surface area contributed by atoms with Gasteiger partial charge in [0.1, 0.15) is 0 Å². The zero-order chi connectivity index (χ0) is 13.1. The second-order valence-corrected chi connectivity index (χ2v) is 3.79. The highest BCUT2D eigenvalue weighted by Crippen LogP contribution is 2.25. The van der Waals surface area contributed by atoms with Gasteiger partial charge in [-0.15, -0.1) is 5.10 Å². The molecular weight excluding hydrogens is 260 g/mol. The Balaban J connectivity index is 2.30. The largest absolute Gasteiger partial charge is 0.479 e. The predicted octanol–water partition coefficient (Wildman–Crippen LogP) is 0.994. The van der Waals surface area contributed by atoms with Gasteiger partial charge in [0.25, 0.3) is 0 Å². The van der Waals surface area contributed by atoms with Crippen LogP contribution in [0.5, 0.6) is 6.01 Å². The minimum absolute atomic E-state index is 0.0113. The highest BCUT2D eigenvalue weighted by Gasteiger charge is 2.13. The van der Waals surface area contributed by atoms with Crippen LogP contribution in [0.1, 0.15) is 0 Å². The van der Waals surface area contributed by atoms with Crippen molar-refractivity contribution in [3.63, 3.8) is 0 Å². The molecule has 0 aromatic carbocycles. The van der Waals surface area contributed by atoms with Gasteiger partial charge in [-0.1, -0.05) is 11.6 Å². The monoisotopic (exact) mass is 268 g/mol. The molecule has 2 aromatic heterocycles. The lowest BCUT2D eigenvalue weighted by atomic mass is 10.2. The van der Waals surface area contributed by atoms with E-state index in [1.54, 1.807) is 19.3 Å². The lowest BCUT2D eigenvalue weighted by Gasteiger charge is -2.00. The standard InChI is InChI=1S/C10H9ClN4O3/c1-15-9(6-2-3-12-4-7(6)11)13-10(14-15)18-5-8(16)17/h2-4H,5H2,1H3,(H,16,17). The number of ether oxygens (including phenoxy) is 1. The summed E-state index contributed by atoms with van der Waals surface area (Å²) in [5.74, 6) is -0.617. The molecule has 0 saturated carbocycles. The van der Waals surface area contributed by atoms with Crippen LogP contribution >= 0.6 is 11.6 Å². The van der Waals surface area contributed by atoms with Crippen LogP contribution in [-0.4, -0.2) is 37.4 Å². The van der Waals surface area contributed by atoms with Crippen molar-refractivity contribution in [1.29, 1.82) is 0 Å². The molecule has 2 aromatic rings. The average molecular weight is 269 g/mol. The molecule has 0 bridgehead atoms. The summed E-state index contributed by atoms with van der Waals surface area (Å²) in [5.41, 5.74) is 0.645. The maximum atomic E-state index is 10.4. The van der Waals surface area contributed by atoms with Crippen LogP contribution < -0.4 is 4.74 Å². The number of hydrogen-bond donors (Lipinski definition) is 1. The van der Waals surface area contributed by atoms with Gasteiger partial charge in [-0.05, 0) is 6.07 Å². The Labute approximate surface area is 107 Å². The summed E-state index contributed by atoms with van der Waals surface area (Å²) < 4.78 is 6.35. The van der Waals surface area contributed by atoms with Crippen molar-refractivity contribution >= 4 is 17.6 Å². The van der Waals surface area contributed by atoms with Gasteiger partial charge in [-0.3, -0.25) is 4.98 Å². The molecule has 2 rings (SSSR count). The summed E-state index contributed by atoms with van der Waals surface area (Å²) in [7, 11) is 1.66. The molecule has 94 valence electrons. The number of aromatic nitrogens is 4. The molecule has 0 fully saturated rings. The lowest BCUT2D eigenvalue weighted by Crippen LogP contribution is -2.10. The van der Waals surface area contributed by atoms with Crippen LogP contribution in [0.15, 0.2) is 18.5 Å². The molecule has 0 saturated heterocycles. The number of nitrogens with zero attached hydrogens (tertiary/aromatic N) is 4. The highest BCUT2D eigenvalue weighted by molar-refractivity contribution is 6.33. The third-order valence-electron chi connectivity index (χ3n) is 2.08. The second kappa shape index (κ2) is 5.01. The number of carbonyl (C=O) groups is 1. The Morgan fingerprint density at radius 2 is 2.39 bits per heavy atom. The summed E-state index contributed by atoms with van der Waals surface area (Å²) in [6.07, 6.45) is 3.07. The number of rotatable bonds is 4. The van der Waals surface area contributed by atoms with Crippen molar-refractivity contribution < 1.29 is 14.6 Å². The van der Waals surface area contributed by atoms with Crippen LogP contribution in [0.3, 0.4) is 0 Å². The molecular formula is C10H9ClN4O3. The highest BCUT2D eigenvalue weighted by atomic mass is 35.5. The Morgan fingerprint density at radius 1 is 1.61 bits per heavy atom. The summed E-state index contributed by atoms with van der Waals surface area (Å²) >= 11 is 5.99. The van der Waals surface area contributed by atoms with Crippen molar-refractivity contribution in [3.8, 4) is 17.4 Å². The zero-order valence-electron chi connectivity index (χ0n) is 9.37. The Bertz CT molecular complexity index is 584. The molecule has 0 aliphatic rings. The van der Waals surface area contributed by atoms with Gasteiger partial charge >= 0.3 is 12.0 Å². The van der Waals surface area contributed by atoms with Crippen LogP contribution in [0.4, 0.5) is 0 Å². The first-order valence-corrected chi connectivity index (χ1v) is 5.31. The molecule has 0 aliphatic carbocycles. The van der Waals surface area contributed by atoms with E-state index in [1.807, 2.05) is 0 Å². The van der Waals surface area contributed by atoms with Gasteiger partial charge in [0.2, 0.25) is 0 Å². The minimum atomic E-state index is -1.09. The van der Waals surface area contributed by atoms with Crippen molar-refractivity contribution in [2.24, 2.45) is 7.05 Å². The zero-order valence-corrected chi connectivity index (χ0v) is 10.1. The van der Waals surface area contributed by atoms with Gasteiger partial charge < -0.3 is 9.84 Å². The van der Waals surface area contributed by atoms with E-state index in [0.717, 1.165) is 0 Å². The smallest absolute Gasteiger partial charge is 0.341 e. The van der Waals surface area contributed by atoms with Crippen LogP contribution in [-0.2, 0) is 11.8 Å². The van der Waals surface area contributed by atoms with Gasteiger partial charge in [0.15, 0.2) is 12.4 Å². The van der Waals surface area contributed by atoms with Crippen LogP contribution in [0, 0.1) is 0 Å². The number of aryl methyl sites for hydroxylation is 1. The number of hydrogen-bond acceptors (Lipinski definition) is 5. The average Bonchev–Trinajstić information content (AvgIpc) is 2.69. The van der Waals surface area contributed by atoms with Crippen molar-refractivity contribution in [2.75, 3.05) is 6.61 Å². The first-order chi connectivity index (χ1) is 8.58. The Morgan fingerprint density at radius 3 is 3.06 bits per heavy atom. The van der Waals surface area contributed by atoms with E-state index in [-0.39, 0.29) is 6.01 Å². The topological polar surface area (TPSA) is 90.1 Å². The molecule has 0 spiro atoms. The van der Waals surface area contributed by atoms with E-state index in [0.29, 0.717) is 16.4 Å². The maximum absolute atomic E-state index is 10.4. The van der Waals surface area contributed by atoms with Gasteiger partial charge in [0, 0.05) is 25.0 Å². The predicted molar refractivity (Wildman–Crippen MR) is 62.4 cm³/mol. The third kappa shape index (κ3) is 2.57. The number of aliphatic carboxylic acids is 1. The second-order valence-electron chi connectivity index (χ2n) is 3.38. The van der Waals surface area contributed by atoms with E-state index in [1.165, 1.54) is 10.9 Å². The van der Waals surface area contributed by atoms with Gasteiger partial charge in [-0.2, -0.15) is 4.98 Å². The number of pyridine rings is 1. The van der Waals surface area contributed by atoms with Crippen molar-refractivity contribution in [1.82, 2.24) is 19.7 Å². The van der Waals surface area contributed by atoms with Gasteiger partial charge in [-0.25, -0.2) is 9.48 Å². The SMILES string of the molecule is Cn1nc(OCC(=O)O)nc1-c1ccncc1Cl. The number of carboxylic acid groups (broad SMARTS) is 1. The summed E-state index contributed by atoms with van der Waals surface area (Å²) in [6, 6.07) is 1.68. The molecule has 7 nitrogen and oxygen atoms in total. The molecule has 0 radical (unpaired) electrons. The third-order valence-corrected chi connectivity index (χ3v) is 2.38. The fraction of sp³-hybridized carbons (Fsp3) is 0.200. The van der Waals surface area contributed by atoms with E-state index >= 15 is 0 Å². The summed E-state index contributed by atoms with van der Waals surface area (Å²) in [6.45, 7) is -0.493. The molecule has 2 heterocycles. The number of halogens is 1. The summed E-state index contributed by atoms with van der Waals surface area (Å²) in [5, 5.41) is 12.9. The minimum Gasteiger partial charge on any atom is -0.479 e. The molecule has 0 atom stereocenters. The van der Waals surface area contributed by atoms with Crippen molar-refractivity contribution in [2.45, 2.75) is 0 Å². The molecule has 0 amide bonds. The molecule has 8 heteroatoms. The Hall–Kier alpha value is -2.15. The Kier molecular flexibility index (Phi) is 3.42. The van der Waals surface area contributed by atoms with E-state index in [2.05, 4.69) is 15.1 Å². The van der Waals surface area contributed by atoms with Crippen LogP contribution in [0.25, 0.3) is 11.4 Å². The first-order valence-electron chi connectivity index (χ1n) is 4.93. The van der Waals surface area contributed by atoms with Crippen molar-refractivity contribution in [3.05, 3.63) is 23.5 Å². The molecule has 0 unspecified atom stereocenters. The van der Waals surface area contributed by atoms with E-state index < -0.39 is 12.6 Å². The van der Waals surface area contributed by atoms with Crippen LogP contribution in [0.2, 0.25) is 5.02 Å². The van der Waals surface area contributed by atoms with E-state index in [4.69, 9.17) is 21.4 Å². The molecule has 0 aliphatic heterocycles. The normalized spacial score (nSPS) is 10.3. The maximum Gasteiger partial charge on any atom is 0.341 e.